The number of alkyl carbamates (subject to hydrolysis) is 1. The average Bonchev–Trinajstić information content (AvgIpc) is 2.88. The predicted molar refractivity (Wildman–Crippen MR) is 135 cm³/mol. The molecule has 0 bridgehead atoms. The van der Waals surface area contributed by atoms with E-state index in [-0.39, 0.29) is 24.6 Å². The van der Waals surface area contributed by atoms with Gasteiger partial charge in [0.15, 0.2) is 5.78 Å². The van der Waals surface area contributed by atoms with Crippen molar-refractivity contribution in [3.63, 3.8) is 0 Å². The van der Waals surface area contributed by atoms with Gasteiger partial charge in [-0.1, -0.05) is 91.0 Å². The fourth-order valence-electron chi connectivity index (χ4n) is 3.44. The van der Waals surface area contributed by atoms with Crippen molar-refractivity contribution in [2.24, 2.45) is 0 Å². The number of carbonyl (C=O) groups excluding carboxylic acids is 3. The summed E-state index contributed by atoms with van der Waals surface area (Å²) in [7, 11) is 0. The van der Waals surface area contributed by atoms with Crippen molar-refractivity contribution in [3.8, 4) is 0 Å². The molecule has 3 aromatic rings. The molecule has 7 heteroatoms. The number of nitrogens with one attached hydrogen (secondary N) is 2. The summed E-state index contributed by atoms with van der Waals surface area (Å²) in [4.78, 5) is 38.2. The van der Waals surface area contributed by atoms with Crippen LogP contribution < -0.4 is 10.6 Å². The van der Waals surface area contributed by atoms with Gasteiger partial charge < -0.3 is 15.4 Å². The van der Waals surface area contributed by atoms with Crippen molar-refractivity contribution in [1.82, 2.24) is 10.6 Å². The second-order valence-corrected chi connectivity index (χ2v) is 8.14. The Balaban J connectivity index is 1.70. The summed E-state index contributed by atoms with van der Waals surface area (Å²) < 4.78 is 5.31. The summed E-state index contributed by atoms with van der Waals surface area (Å²) in [6.45, 7) is 0.0844. The summed E-state index contributed by atoms with van der Waals surface area (Å²) >= 11 is 4.10. The Morgan fingerprint density at radius 3 is 1.65 bits per heavy atom. The smallest absolute Gasteiger partial charge is 0.408 e. The van der Waals surface area contributed by atoms with Crippen LogP contribution >= 0.6 is 12.6 Å². The van der Waals surface area contributed by atoms with Gasteiger partial charge in [0.05, 0.1) is 11.8 Å². The number of benzene rings is 3. The van der Waals surface area contributed by atoms with E-state index in [1.165, 1.54) is 0 Å². The second-order valence-electron chi connectivity index (χ2n) is 7.82. The normalized spacial score (nSPS) is 12.3. The Labute approximate surface area is 205 Å². The second kappa shape index (κ2) is 13.2. The van der Waals surface area contributed by atoms with E-state index >= 15 is 0 Å². The summed E-state index contributed by atoms with van der Waals surface area (Å²) in [5.41, 5.74) is 2.62. The van der Waals surface area contributed by atoms with E-state index in [9.17, 15) is 14.4 Å². The fraction of sp³-hybridized carbons (Fsp3) is 0.222. The number of hydrogen-bond acceptors (Lipinski definition) is 5. The zero-order valence-electron chi connectivity index (χ0n) is 18.7. The molecule has 0 heterocycles. The van der Waals surface area contributed by atoms with Gasteiger partial charge in [0.2, 0.25) is 5.91 Å². The van der Waals surface area contributed by atoms with E-state index in [1.807, 2.05) is 91.0 Å². The maximum absolute atomic E-state index is 13.2. The number of rotatable bonds is 11. The van der Waals surface area contributed by atoms with Crippen molar-refractivity contribution < 1.29 is 19.1 Å². The van der Waals surface area contributed by atoms with Crippen LogP contribution in [0.25, 0.3) is 0 Å². The zero-order chi connectivity index (χ0) is 24.2. The molecule has 34 heavy (non-hydrogen) atoms. The van der Waals surface area contributed by atoms with Crippen LogP contribution in [-0.2, 0) is 33.8 Å². The molecule has 0 aliphatic heterocycles. The number of Topliss-reactive ketones (excluding diaryl/α,β-unsaturated/α-hetero) is 1. The van der Waals surface area contributed by atoms with Gasteiger partial charge in [-0.15, -0.1) is 0 Å². The van der Waals surface area contributed by atoms with Gasteiger partial charge in [-0.3, -0.25) is 9.59 Å². The highest BCUT2D eigenvalue weighted by molar-refractivity contribution is 7.81. The predicted octanol–water partition coefficient (Wildman–Crippen LogP) is 3.75. The molecule has 2 atom stereocenters. The SMILES string of the molecule is O=C(N[C@@H](Cc1ccccc1)C(=O)N[C@@H](Cc1ccccc1)C(=O)CS)OCc1ccccc1. The van der Waals surface area contributed by atoms with Crippen LogP contribution in [0.15, 0.2) is 91.0 Å². The maximum Gasteiger partial charge on any atom is 0.408 e. The third-order valence-electron chi connectivity index (χ3n) is 5.25. The Morgan fingerprint density at radius 1 is 0.676 bits per heavy atom. The highest BCUT2D eigenvalue weighted by Gasteiger charge is 2.27. The minimum atomic E-state index is -0.920. The Bertz CT molecular complexity index is 1060. The molecule has 0 aliphatic rings. The zero-order valence-corrected chi connectivity index (χ0v) is 19.6. The molecule has 0 aromatic heterocycles. The molecule has 3 aromatic carbocycles. The minimum Gasteiger partial charge on any atom is -0.445 e. The molecule has 0 unspecified atom stereocenters. The van der Waals surface area contributed by atoms with Gasteiger partial charge in [0, 0.05) is 6.42 Å². The monoisotopic (exact) mass is 476 g/mol. The van der Waals surface area contributed by atoms with E-state index in [1.54, 1.807) is 0 Å². The molecule has 2 amide bonds. The molecular formula is C27H28N2O4S. The summed E-state index contributed by atoms with van der Waals surface area (Å²) in [6.07, 6.45) is -0.122. The highest BCUT2D eigenvalue weighted by atomic mass is 32.1. The van der Waals surface area contributed by atoms with Crippen LogP contribution in [0.1, 0.15) is 16.7 Å². The van der Waals surface area contributed by atoms with Crippen molar-refractivity contribution in [2.75, 3.05) is 5.75 Å². The molecule has 3 rings (SSSR count). The third-order valence-corrected chi connectivity index (χ3v) is 5.56. The van der Waals surface area contributed by atoms with Crippen LogP contribution in [0.5, 0.6) is 0 Å². The summed E-state index contributed by atoms with van der Waals surface area (Å²) in [6, 6.07) is 26.4. The molecule has 0 saturated carbocycles. The number of thiol groups is 1. The highest BCUT2D eigenvalue weighted by Crippen LogP contribution is 2.09. The number of ketones is 1. The summed E-state index contributed by atoms with van der Waals surface area (Å²) in [5, 5.41) is 5.47. The first-order valence-corrected chi connectivity index (χ1v) is 11.7. The summed E-state index contributed by atoms with van der Waals surface area (Å²) in [5.74, 6) is -0.671. The number of amides is 2. The largest absolute Gasteiger partial charge is 0.445 e. The Kier molecular flexibility index (Phi) is 9.73. The first-order valence-electron chi connectivity index (χ1n) is 11.0. The van der Waals surface area contributed by atoms with Crippen LogP contribution in [-0.4, -0.2) is 35.6 Å². The van der Waals surface area contributed by atoms with Gasteiger partial charge in [0.25, 0.3) is 0 Å². The minimum absolute atomic E-state index is 0.00627. The lowest BCUT2D eigenvalue weighted by molar-refractivity contribution is -0.128. The lowest BCUT2D eigenvalue weighted by Gasteiger charge is -2.23. The van der Waals surface area contributed by atoms with Gasteiger partial charge in [-0.05, 0) is 23.1 Å². The van der Waals surface area contributed by atoms with Crippen molar-refractivity contribution in [3.05, 3.63) is 108 Å². The topological polar surface area (TPSA) is 84.5 Å². The first-order chi connectivity index (χ1) is 16.5. The van der Waals surface area contributed by atoms with E-state index in [4.69, 9.17) is 4.74 Å². The van der Waals surface area contributed by atoms with E-state index in [0.29, 0.717) is 6.42 Å². The van der Waals surface area contributed by atoms with Crippen molar-refractivity contribution >= 4 is 30.4 Å². The first kappa shape index (κ1) is 25.1. The van der Waals surface area contributed by atoms with Gasteiger partial charge in [-0.25, -0.2) is 4.79 Å². The molecule has 0 saturated heterocycles. The lowest BCUT2D eigenvalue weighted by Crippen LogP contribution is -2.53. The molecule has 0 fully saturated rings. The molecule has 176 valence electrons. The molecule has 2 N–H and O–H groups in total. The number of hydrogen-bond donors (Lipinski definition) is 3. The Hall–Kier alpha value is -3.58. The molecule has 0 spiro atoms. The fourth-order valence-corrected chi connectivity index (χ4v) is 3.66. The van der Waals surface area contributed by atoms with Gasteiger partial charge in [0.1, 0.15) is 12.6 Å². The standard InChI is InChI=1S/C27H28N2O4S/c30-25(19-34)23(16-20-10-4-1-5-11-20)28-26(31)24(17-21-12-6-2-7-13-21)29-27(32)33-18-22-14-8-3-9-15-22/h1-15,23-24,34H,16-19H2,(H,28,31)(H,29,32)/t23-,24-/m0/s1. The maximum atomic E-state index is 13.2. The van der Waals surface area contributed by atoms with Crippen LogP contribution in [0.2, 0.25) is 0 Å². The van der Waals surface area contributed by atoms with E-state index in [0.717, 1.165) is 16.7 Å². The average molecular weight is 477 g/mol. The quantitative estimate of drug-likeness (QED) is 0.368. The molecular weight excluding hydrogens is 448 g/mol. The third kappa shape index (κ3) is 8.08. The van der Waals surface area contributed by atoms with Crippen LogP contribution in [0.3, 0.4) is 0 Å². The van der Waals surface area contributed by atoms with Crippen molar-refractivity contribution in [2.45, 2.75) is 31.5 Å². The van der Waals surface area contributed by atoms with E-state index < -0.39 is 24.1 Å². The van der Waals surface area contributed by atoms with Gasteiger partial charge >= 0.3 is 6.09 Å². The molecule has 6 nitrogen and oxygen atoms in total. The van der Waals surface area contributed by atoms with Crippen LogP contribution in [0.4, 0.5) is 4.79 Å². The molecule has 0 radical (unpaired) electrons. The number of ether oxygens (including phenoxy) is 1. The Morgan fingerprint density at radius 2 is 1.15 bits per heavy atom. The van der Waals surface area contributed by atoms with Gasteiger partial charge in [-0.2, -0.15) is 12.6 Å². The van der Waals surface area contributed by atoms with Crippen molar-refractivity contribution in [1.29, 1.82) is 0 Å². The van der Waals surface area contributed by atoms with E-state index in [2.05, 4.69) is 23.3 Å². The molecule has 0 aliphatic carbocycles. The van der Waals surface area contributed by atoms with Crippen LogP contribution in [0, 0.1) is 0 Å². The number of carbonyl (C=O) groups is 3. The lowest BCUT2D eigenvalue weighted by atomic mass is 10.0.